The largest absolute Gasteiger partial charge is 1.00 e. The van der Waals surface area contributed by atoms with Crippen LogP contribution in [0.15, 0.2) is 54.6 Å². The number of carbonyl (C=O) groups is 1. The van der Waals surface area contributed by atoms with Crippen molar-refractivity contribution in [1.29, 1.82) is 0 Å². The Kier molecular flexibility index (Phi) is 9.88. The Morgan fingerprint density at radius 2 is 1.81 bits per heavy atom. The molecule has 1 heterocycles. The Labute approximate surface area is 259 Å². The Hall–Kier alpha value is -2.04. The van der Waals surface area contributed by atoms with Crippen LogP contribution in [0.3, 0.4) is 0 Å². The number of carbonyl (C=O) groups excluding carboxylic acids is 1. The van der Waals surface area contributed by atoms with E-state index in [9.17, 15) is 9.90 Å². The van der Waals surface area contributed by atoms with Crippen LogP contribution in [-0.4, -0.2) is 43.2 Å². The van der Waals surface area contributed by atoms with Crippen molar-refractivity contribution in [3.05, 3.63) is 87.3 Å². The molecule has 0 amide bonds. The predicted molar refractivity (Wildman–Crippen MR) is 142 cm³/mol. The summed E-state index contributed by atoms with van der Waals surface area (Å²) in [6.45, 7) is 7.65. The van der Waals surface area contributed by atoms with Gasteiger partial charge in [0.1, 0.15) is 11.5 Å². The minimum Gasteiger partial charge on any atom is -0.545 e. The number of thiocarbonyl (C=S) groups is 1. The van der Waals surface area contributed by atoms with Gasteiger partial charge in [-0.2, -0.15) is 0 Å². The summed E-state index contributed by atoms with van der Waals surface area (Å²) in [6.07, 6.45) is 0.936. The monoisotopic (exact) mass is 525 g/mol. The maximum absolute atomic E-state index is 12.3. The third-order valence-corrected chi connectivity index (χ3v) is 6.02. The molecule has 0 aromatic heterocycles. The molecule has 0 unspecified atom stereocenters. The number of ether oxygens (including phenoxy) is 1. The Morgan fingerprint density at radius 3 is 2.53 bits per heavy atom. The molecule has 0 saturated heterocycles. The third-order valence-electron chi connectivity index (χ3n) is 5.78. The number of hydrogen-bond donors (Lipinski definition) is 2. The van der Waals surface area contributed by atoms with Crippen molar-refractivity contribution in [3.63, 3.8) is 0 Å². The summed E-state index contributed by atoms with van der Waals surface area (Å²) in [6, 6.07) is 16.7. The van der Waals surface area contributed by atoms with Crippen LogP contribution in [0.5, 0.6) is 11.5 Å². The molecule has 0 spiro atoms. The maximum Gasteiger partial charge on any atom is 1.00 e. The first-order valence-corrected chi connectivity index (χ1v) is 11.8. The van der Waals surface area contributed by atoms with Gasteiger partial charge in [-0.25, -0.2) is 0 Å². The van der Waals surface area contributed by atoms with Crippen LogP contribution >= 0.6 is 12.2 Å². The molecule has 2 N–H and O–H groups in total. The van der Waals surface area contributed by atoms with Crippen LogP contribution in [-0.2, 0) is 0 Å². The average molecular weight is 526 g/mol. The zero-order valence-corrected chi connectivity index (χ0v) is 25.0. The van der Waals surface area contributed by atoms with Crippen molar-refractivity contribution < 1.29 is 66.0 Å². The molecule has 0 fully saturated rings. The Balaban J connectivity index is 0.00000361. The summed E-state index contributed by atoms with van der Waals surface area (Å²) in [7, 11) is 4.04. The van der Waals surface area contributed by atoms with Gasteiger partial charge in [0.15, 0.2) is 5.11 Å². The van der Waals surface area contributed by atoms with Gasteiger partial charge < -0.3 is 30.2 Å². The summed E-state index contributed by atoms with van der Waals surface area (Å²) in [5.74, 6) is 0.0457. The van der Waals surface area contributed by atoms with E-state index in [4.69, 9.17) is 17.0 Å². The molecule has 6 nitrogen and oxygen atoms in total. The molecule has 4 rings (SSSR count). The van der Waals surface area contributed by atoms with E-state index in [2.05, 4.69) is 22.1 Å². The first kappa shape index (κ1) is 28.5. The van der Waals surface area contributed by atoms with Crippen LogP contribution in [0.25, 0.3) is 12.2 Å². The smallest absolute Gasteiger partial charge is 0.545 e. The van der Waals surface area contributed by atoms with Gasteiger partial charge >= 0.3 is 51.4 Å². The zero-order valence-electron chi connectivity index (χ0n) is 21.1. The number of hydrogen-bond acceptors (Lipinski definition) is 5. The van der Waals surface area contributed by atoms with E-state index in [1.807, 2.05) is 63.5 Å². The maximum atomic E-state index is 12.3. The molecule has 0 atom stereocenters. The van der Waals surface area contributed by atoms with E-state index in [0.29, 0.717) is 34.4 Å². The SMILES string of the molecule is C=c1ccc2c(c1)Oc1cc(C)ccc1C=2c1ccc(NC(=S)NCCCN(C)C)cc1C(=O)[O-].[K+]. The molecule has 0 saturated carbocycles. The van der Waals surface area contributed by atoms with Crippen molar-refractivity contribution in [2.45, 2.75) is 13.3 Å². The van der Waals surface area contributed by atoms with Gasteiger partial charge in [0, 0.05) is 34.2 Å². The fourth-order valence-corrected chi connectivity index (χ4v) is 4.33. The summed E-state index contributed by atoms with van der Waals surface area (Å²) in [5, 5.41) is 20.5. The summed E-state index contributed by atoms with van der Waals surface area (Å²) in [4.78, 5) is 14.4. The van der Waals surface area contributed by atoms with Gasteiger partial charge in [-0.3, -0.25) is 0 Å². The van der Waals surface area contributed by atoms with Gasteiger partial charge in [-0.1, -0.05) is 36.9 Å². The van der Waals surface area contributed by atoms with Crippen molar-refractivity contribution in [2.75, 3.05) is 32.5 Å². The Bertz CT molecular complexity index is 1420. The first-order chi connectivity index (χ1) is 16.7. The first-order valence-electron chi connectivity index (χ1n) is 11.4. The number of benzene rings is 3. The van der Waals surface area contributed by atoms with E-state index in [1.165, 1.54) is 0 Å². The van der Waals surface area contributed by atoms with Gasteiger partial charge in [0.25, 0.3) is 0 Å². The number of nitrogens with one attached hydrogen (secondary N) is 2. The number of nitrogens with zero attached hydrogens (tertiary/aromatic N) is 1. The molecule has 0 radical (unpaired) electrons. The van der Waals surface area contributed by atoms with Crippen LogP contribution in [0.1, 0.15) is 33.5 Å². The predicted octanol–water partition coefficient (Wildman–Crippen LogP) is -0.636. The summed E-state index contributed by atoms with van der Waals surface area (Å²) >= 11 is 5.38. The molecule has 0 bridgehead atoms. The van der Waals surface area contributed by atoms with E-state index >= 15 is 0 Å². The zero-order chi connectivity index (χ0) is 25.1. The normalized spacial score (nSPS) is 11.6. The van der Waals surface area contributed by atoms with Crippen LogP contribution in [0, 0.1) is 6.92 Å². The number of fused-ring (bicyclic) bond motifs is 2. The van der Waals surface area contributed by atoms with E-state index in [0.717, 1.165) is 40.1 Å². The summed E-state index contributed by atoms with van der Waals surface area (Å²) in [5.41, 5.74) is 3.83. The molecular weight excluding hydrogens is 497 g/mol. The van der Waals surface area contributed by atoms with Crippen LogP contribution in [0.2, 0.25) is 0 Å². The second-order valence-electron chi connectivity index (χ2n) is 8.89. The van der Waals surface area contributed by atoms with Crippen molar-refractivity contribution in [3.8, 4) is 11.5 Å². The molecule has 180 valence electrons. The van der Waals surface area contributed by atoms with Gasteiger partial charge in [-0.15, -0.1) is 0 Å². The molecule has 36 heavy (non-hydrogen) atoms. The van der Waals surface area contributed by atoms with E-state index in [1.54, 1.807) is 12.1 Å². The second-order valence-corrected chi connectivity index (χ2v) is 9.30. The molecule has 3 aromatic carbocycles. The molecule has 1 aliphatic rings. The standard InChI is InChI=1S/C28H29N3O3S.K/c1-17-6-9-21-24(14-17)34-25-15-18(2)7-10-22(25)26(21)20-11-8-19(16-23(20)27(32)33)30-28(35)29-12-5-13-31(3)4;/h6-11,14-16H,1,5,12-13H2,2-4H3,(H,32,33)(H2,29,30,35);/q;+1/p-1. The number of anilines is 1. The number of carboxylic acids is 1. The second kappa shape index (κ2) is 12.5. The number of aryl methyl sites for hydroxylation is 1. The molecule has 0 aliphatic carbocycles. The number of rotatable bonds is 7. The topological polar surface area (TPSA) is 76.7 Å². The van der Waals surface area contributed by atoms with Gasteiger partial charge in [0.2, 0.25) is 0 Å². The molecule has 8 heteroatoms. The number of aromatic carboxylic acids is 1. The summed E-state index contributed by atoms with van der Waals surface area (Å²) < 4.78 is 6.16. The van der Waals surface area contributed by atoms with Crippen molar-refractivity contribution >= 4 is 41.1 Å². The minimum atomic E-state index is -1.27. The molecule has 1 aliphatic heterocycles. The molecular formula is C28H28KN3O3S. The fraction of sp³-hybridized carbons (Fsp3) is 0.214. The van der Waals surface area contributed by atoms with Crippen LogP contribution < -0.4 is 82.3 Å². The van der Waals surface area contributed by atoms with Crippen LogP contribution in [0.4, 0.5) is 5.69 Å². The van der Waals surface area contributed by atoms with E-state index in [-0.39, 0.29) is 56.9 Å². The average Bonchev–Trinajstić information content (AvgIpc) is 2.80. The van der Waals surface area contributed by atoms with E-state index < -0.39 is 5.97 Å². The minimum absolute atomic E-state index is 0. The van der Waals surface area contributed by atoms with Gasteiger partial charge in [-0.05, 0) is 86.8 Å². The fourth-order valence-electron chi connectivity index (χ4n) is 4.11. The molecule has 3 aromatic rings. The van der Waals surface area contributed by atoms with Crippen molar-refractivity contribution in [2.24, 2.45) is 0 Å². The quantitative estimate of drug-likeness (QED) is 0.189. The van der Waals surface area contributed by atoms with Crippen molar-refractivity contribution in [1.82, 2.24) is 10.2 Å². The third kappa shape index (κ3) is 6.63. The van der Waals surface area contributed by atoms with Gasteiger partial charge in [0.05, 0.1) is 5.97 Å². The number of carboxylic acid groups (broad SMARTS) is 1. The Morgan fingerprint density at radius 1 is 1.06 bits per heavy atom.